The Morgan fingerprint density at radius 1 is 1.14 bits per heavy atom. The molecule has 0 saturated heterocycles. The summed E-state index contributed by atoms with van der Waals surface area (Å²) in [6.07, 6.45) is -1.01. The van der Waals surface area contributed by atoms with Crippen LogP contribution >= 0.6 is 0 Å². The second-order valence-corrected chi connectivity index (χ2v) is 4.92. The Kier molecular flexibility index (Phi) is 6.71. The predicted octanol–water partition coefficient (Wildman–Crippen LogP) is 4.31. The lowest BCUT2D eigenvalue weighted by molar-refractivity contribution is -0.141. The van der Waals surface area contributed by atoms with Gasteiger partial charge in [-0.05, 0) is 19.3 Å². The fraction of sp³-hybridized carbons (Fsp3) is 0.714. The summed E-state index contributed by atoms with van der Waals surface area (Å²) in [4.78, 5) is 7.66. The molecule has 0 fully saturated rings. The standard InChI is InChI=1S/C14H23F3N4/c1-4-7-10(6-3)19-12-9-11(14(15,16)17)20-13(21-12)18-8-5-2/h9-10H,4-8H2,1-3H3,(H2,18,19,20,21). The summed E-state index contributed by atoms with van der Waals surface area (Å²) >= 11 is 0. The zero-order valence-electron chi connectivity index (χ0n) is 12.7. The number of aromatic nitrogens is 2. The number of hydrogen-bond acceptors (Lipinski definition) is 4. The third kappa shape index (κ3) is 5.77. The van der Waals surface area contributed by atoms with Gasteiger partial charge >= 0.3 is 6.18 Å². The monoisotopic (exact) mass is 304 g/mol. The van der Waals surface area contributed by atoms with Crippen LogP contribution in [-0.2, 0) is 6.18 Å². The van der Waals surface area contributed by atoms with Gasteiger partial charge in [-0.25, -0.2) is 4.98 Å². The fourth-order valence-corrected chi connectivity index (χ4v) is 1.92. The van der Waals surface area contributed by atoms with Gasteiger partial charge in [0.25, 0.3) is 0 Å². The first kappa shape index (κ1) is 17.5. The summed E-state index contributed by atoms with van der Waals surface area (Å²) in [5, 5.41) is 5.88. The number of halogens is 3. The van der Waals surface area contributed by atoms with E-state index in [9.17, 15) is 13.2 Å². The number of hydrogen-bond donors (Lipinski definition) is 2. The molecule has 4 nitrogen and oxygen atoms in total. The van der Waals surface area contributed by atoms with Crippen LogP contribution in [0.5, 0.6) is 0 Å². The molecular weight excluding hydrogens is 281 g/mol. The van der Waals surface area contributed by atoms with Crippen molar-refractivity contribution in [2.45, 2.75) is 58.7 Å². The molecule has 120 valence electrons. The van der Waals surface area contributed by atoms with E-state index in [1.54, 1.807) is 0 Å². The van der Waals surface area contributed by atoms with Crippen molar-refractivity contribution in [1.82, 2.24) is 9.97 Å². The molecule has 1 rings (SSSR count). The molecule has 0 radical (unpaired) electrons. The summed E-state index contributed by atoms with van der Waals surface area (Å²) in [6, 6.07) is 1.08. The summed E-state index contributed by atoms with van der Waals surface area (Å²) in [7, 11) is 0. The van der Waals surface area contributed by atoms with E-state index in [0.717, 1.165) is 31.7 Å². The largest absolute Gasteiger partial charge is 0.433 e. The van der Waals surface area contributed by atoms with Crippen molar-refractivity contribution in [3.63, 3.8) is 0 Å². The molecule has 21 heavy (non-hydrogen) atoms. The Labute approximate surface area is 123 Å². The average molecular weight is 304 g/mol. The molecular formula is C14H23F3N4. The van der Waals surface area contributed by atoms with Crippen LogP contribution in [0.4, 0.5) is 24.9 Å². The maximum atomic E-state index is 12.9. The predicted molar refractivity (Wildman–Crippen MR) is 78.4 cm³/mol. The van der Waals surface area contributed by atoms with E-state index in [-0.39, 0.29) is 17.8 Å². The Bertz CT molecular complexity index is 435. The van der Waals surface area contributed by atoms with Gasteiger partial charge in [0.1, 0.15) is 5.82 Å². The molecule has 0 saturated carbocycles. The van der Waals surface area contributed by atoms with E-state index in [1.165, 1.54) is 0 Å². The van der Waals surface area contributed by atoms with Gasteiger partial charge in [-0.1, -0.05) is 27.2 Å². The zero-order valence-corrected chi connectivity index (χ0v) is 12.7. The number of nitrogens with zero attached hydrogens (tertiary/aromatic N) is 2. The van der Waals surface area contributed by atoms with Crippen molar-refractivity contribution in [3.05, 3.63) is 11.8 Å². The molecule has 0 amide bonds. The summed E-state index contributed by atoms with van der Waals surface area (Å²) in [6.45, 7) is 6.50. The molecule has 0 aromatic carbocycles. The normalized spacial score (nSPS) is 13.0. The lowest BCUT2D eigenvalue weighted by Gasteiger charge is -2.18. The lowest BCUT2D eigenvalue weighted by atomic mass is 10.1. The molecule has 0 aliphatic rings. The van der Waals surface area contributed by atoms with Crippen molar-refractivity contribution < 1.29 is 13.2 Å². The Morgan fingerprint density at radius 3 is 2.38 bits per heavy atom. The smallest absolute Gasteiger partial charge is 0.367 e. The Morgan fingerprint density at radius 2 is 1.86 bits per heavy atom. The van der Waals surface area contributed by atoms with Crippen LogP contribution in [0.25, 0.3) is 0 Å². The summed E-state index contributed by atoms with van der Waals surface area (Å²) in [5.74, 6) is 0.233. The van der Waals surface area contributed by atoms with Gasteiger partial charge in [0.05, 0.1) is 0 Å². The van der Waals surface area contributed by atoms with Gasteiger partial charge in [0.2, 0.25) is 5.95 Å². The van der Waals surface area contributed by atoms with Crippen molar-refractivity contribution >= 4 is 11.8 Å². The molecule has 1 atom stereocenters. The molecule has 1 unspecified atom stereocenters. The minimum Gasteiger partial charge on any atom is -0.367 e. The molecule has 1 aromatic heterocycles. The Hall–Kier alpha value is -1.53. The van der Waals surface area contributed by atoms with Gasteiger partial charge in [-0.3, -0.25) is 0 Å². The molecule has 1 aromatic rings. The highest BCUT2D eigenvalue weighted by Gasteiger charge is 2.33. The second kappa shape index (κ2) is 8.05. The van der Waals surface area contributed by atoms with Gasteiger partial charge in [-0.15, -0.1) is 0 Å². The fourth-order valence-electron chi connectivity index (χ4n) is 1.92. The first-order valence-corrected chi connectivity index (χ1v) is 7.37. The number of rotatable bonds is 8. The third-order valence-electron chi connectivity index (χ3n) is 3.03. The van der Waals surface area contributed by atoms with E-state index >= 15 is 0 Å². The number of alkyl halides is 3. The maximum absolute atomic E-state index is 12.9. The van der Waals surface area contributed by atoms with Crippen molar-refractivity contribution in [2.24, 2.45) is 0 Å². The second-order valence-electron chi connectivity index (χ2n) is 4.92. The van der Waals surface area contributed by atoms with E-state index < -0.39 is 11.9 Å². The topological polar surface area (TPSA) is 49.8 Å². The zero-order chi connectivity index (χ0) is 15.9. The van der Waals surface area contributed by atoms with E-state index in [2.05, 4.69) is 20.6 Å². The van der Waals surface area contributed by atoms with Crippen molar-refractivity contribution in [1.29, 1.82) is 0 Å². The van der Waals surface area contributed by atoms with Crippen LogP contribution in [0, 0.1) is 0 Å². The van der Waals surface area contributed by atoms with Crippen molar-refractivity contribution in [2.75, 3.05) is 17.2 Å². The van der Waals surface area contributed by atoms with Crippen LogP contribution in [0.1, 0.15) is 52.1 Å². The lowest BCUT2D eigenvalue weighted by Crippen LogP contribution is -2.21. The minimum absolute atomic E-state index is 0.0144. The van der Waals surface area contributed by atoms with Crippen LogP contribution in [0.3, 0.4) is 0 Å². The maximum Gasteiger partial charge on any atom is 0.433 e. The highest BCUT2D eigenvalue weighted by molar-refractivity contribution is 5.43. The van der Waals surface area contributed by atoms with Gasteiger partial charge in [0.15, 0.2) is 5.69 Å². The van der Waals surface area contributed by atoms with Crippen LogP contribution < -0.4 is 10.6 Å². The van der Waals surface area contributed by atoms with Crippen molar-refractivity contribution in [3.8, 4) is 0 Å². The van der Waals surface area contributed by atoms with Gasteiger partial charge < -0.3 is 10.6 Å². The molecule has 0 bridgehead atoms. The minimum atomic E-state index is -4.48. The summed E-state index contributed by atoms with van der Waals surface area (Å²) in [5.41, 5.74) is -0.926. The Balaban J connectivity index is 3.00. The average Bonchev–Trinajstić information content (AvgIpc) is 2.43. The van der Waals surface area contributed by atoms with E-state index in [1.807, 2.05) is 20.8 Å². The quantitative estimate of drug-likeness (QED) is 0.751. The van der Waals surface area contributed by atoms with Crippen LogP contribution in [0.15, 0.2) is 6.07 Å². The highest BCUT2D eigenvalue weighted by Crippen LogP contribution is 2.30. The number of anilines is 2. The van der Waals surface area contributed by atoms with E-state index in [4.69, 9.17) is 0 Å². The first-order chi connectivity index (χ1) is 9.90. The first-order valence-electron chi connectivity index (χ1n) is 7.37. The molecule has 0 spiro atoms. The molecule has 0 aliphatic heterocycles. The van der Waals surface area contributed by atoms with Gasteiger partial charge in [0, 0.05) is 18.7 Å². The molecule has 1 heterocycles. The van der Waals surface area contributed by atoms with Crippen LogP contribution in [0.2, 0.25) is 0 Å². The highest BCUT2D eigenvalue weighted by atomic mass is 19.4. The van der Waals surface area contributed by atoms with Gasteiger partial charge in [-0.2, -0.15) is 18.2 Å². The van der Waals surface area contributed by atoms with E-state index in [0.29, 0.717) is 6.54 Å². The number of nitrogens with one attached hydrogen (secondary N) is 2. The SMILES string of the molecule is CCCNc1nc(NC(CC)CCC)cc(C(F)(F)F)n1. The van der Waals surface area contributed by atoms with Crippen LogP contribution in [-0.4, -0.2) is 22.6 Å². The molecule has 2 N–H and O–H groups in total. The molecule has 7 heteroatoms. The summed E-state index contributed by atoms with van der Waals surface area (Å²) < 4.78 is 38.7. The third-order valence-corrected chi connectivity index (χ3v) is 3.03. The molecule has 0 aliphatic carbocycles.